The molecule has 10 heteroatoms. The second kappa shape index (κ2) is 9.20. The number of hydrogen-bond acceptors (Lipinski definition) is 6. The number of aryl methyl sites for hydroxylation is 1. The van der Waals surface area contributed by atoms with E-state index < -0.39 is 6.10 Å². The Labute approximate surface area is 210 Å². The van der Waals surface area contributed by atoms with Crippen molar-refractivity contribution in [3.8, 4) is 16.9 Å². The average molecular weight is 510 g/mol. The maximum atomic E-state index is 13.1. The predicted octanol–water partition coefficient (Wildman–Crippen LogP) is 4.49. The number of ether oxygens (including phenoxy) is 1. The van der Waals surface area contributed by atoms with Gasteiger partial charge in [0.1, 0.15) is 11.4 Å². The van der Waals surface area contributed by atoms with E-state index in [1.54, 1.807) is 37.5 Å². The maximum Gasteiger partial charge on any atom is 0.261 e. The van der Waals surface area contributed by atoms with Gasteiger partial charge in [0.05, 0.1) is 15.6 Å². The molecule has 1 aliphatic rings. The quantitative estimate of drug-likeness (QED) is 0.411. The summed E-state index contributed by atoms with van der Waals surface area (Å²) in [4.78, 5) is 34.2. The van der Waals surface area contributed by atoms with Crippen LogP contribution in [0.1, 0.15) is 12.5 Å². The van der Waals surface area contributed by atoms with Crippen molar-refractivity contribution in [1.29, 1.82) is 0 Å². The molecule has 2 aromatic carbocycles. The Morgan fingerprint density at radius 3 is 2.71 bits per heavy atom. The second-order valence-corrected chi connectivity index (χ2v) is 8.96. The molecule has 0 radical (unpaired) electrons. The highest BCUT2D eigenvalue weighted by Gasteiger charge is 2.29. The molecule has 8 nitrogen and oxygen atoms in total. The number of fused-ring (bicyclic) bond motifs is 2. The number of nitrogens with one attached hydrogen (secondary N) is 2. The van der Waals surface area contributed by atoms with Crippen molar-refractivity contribution in [3.63, 3.8) is 0 Å². The maximum absolute atomic E-state index is 13.1. The number of carbonyl (C=O) groups is 1. The molecule has 2 N–H and O–H groups in total. The van der Waals surface area contributed by atoms with Gasteiger partial charge in [0.15, 0.2) is 6.10 Å². The lowest BCUT2D eigenvalue weighted by Gasteiger charge is -2.12. The summed E-state index contributed by atoms with van der Waals surface area (Å²) in [7, 11) is 1.64. The first-order chi connectivity index (χ1) is 16.9. The van der Waals surface area contributed by atoms with Gasteiger partial charge in [0, 0.05) is 48.4 Å². The standard InChI is InChI=1S/C25H21Cl2N5O3/c1-3-28-23(33)20-11-13-9-15(7-8-19(13)35-20)30-25-29-12-14-10-16(24(34)32(2)22(14)31-25)21-17(26)5-4-6-18(21)27/h4-10,12,20H,3,11H2,1-2H3,(H,28,33)(H,29,30,31). The average Bonchev–Trinajstić information content (AvgIpc) is 3.26. The largest absolute Gasteiger partial charge is 0.480 e. The lowest BCUT2D eigenvalue weighted by atomic mass is 10.1. The van der Waals surface area contributed by atoms with Gasteiger partial charge >= 0.3 is 0 Å². The number of carbonyl (C=O) groups excluding carboxylic acids is 1. The van der Waals surface area contributed by atoms with Gasteiger partial charge in [0.2, 0.25) is 5.95 Å². The van der Waals surface area contributed by atoms with Gasteiger partial charge in [-0.2, -0.15) is 4.98 Å². The Morgan fingerprint density at radius 2 is 1.97 bits per heavy atom. The minimum absolute atomic E-state index is 0.130. The number of halogens is 2. The number of pyridine rings is 1. The van der Waals surface area contributed by atoms with Crippen molar-refractivity contribution >= 4 is 51.8 Å². The summed E-state index contributed by atoms with van der Waals surface area (Å²) in [6.07, 6.45) is 1.59. The summed E-state index contributed by atoms with van der Waals surface area (Å²) in [5.41, 5.74) is 2.70. The van der Waals surface area contributed by atoms with Gasteiger partial charge in [-0.25, -0.2) is 4.98 Å². The van der Waals surface area contributed by atoms with Crippen LogP contribution in [-0.2, 0) is 18.3 Å². The molecule has 0 aliphatic carbocycles. The van der Waals surface area contributed by atoms with Crippen LogP contribution < -0.4 is 20.9 Å². The SMILES string of the molecule is CCNC(=O)C1Cc2cc(Nc3ncc4cc(-c5c(Cl)cccc5Cl)c(=O)n(C)c4n3)ccc2O1. The molecule has 1 unspecified atom stereocenters. The van der Waals surface area contributed by atoms with Gasteiger partial charge in [-0.15, -0.1) is 0 Å². The highest BCUT2D eigenvalue weighted by molar-refractivity contribution is 6.39. The van der Waals surface area contributed by atoms with Crippen molar-refractivity contribution in [2.24, 2.45) is 7.05 Å². The zero-order valence-electron chi connectivity index (χ0n) is 18.9. The Kier molecular flexibility index (Phi) is 6.08. The second-order valence-electron chi connectivity index (χ2n) is 8.14. The minimum atomic E-state index is -0.535. The van der Waals surface area contributed by atoms with Crippen LogP contribution in [0, 0.1) is 0 Å². The topological polar surface area (TPSA) is 98.1 Å². The predicted molar refractivity (Wildman–Crippen MR) is 137 cm³/mol. The van der Waals surface area contributed by atoms with E-state index in [9.17, 15) is 9.59 Å². The molecule has 35 heavy (non-hydrogen) atoms. The molecule has 5 rings (SSSR count). The monoisotopic (exact) mass is 509 g/mol. The van der Waals surface area contributed by atoms with E-state index in [1.807, 2.05) is 25.1 Å². The fraction of sp³-hybridized carbons (Fsp3) is 0.200. The molecule has 178 valence electrons. The van der Waals surface area contributed by atoms with Crippen molar-refractivity contribution in [2.75, 3.05) is 11.9 Å². The fourth-order valence-corrected chi connectivity index (χ4v) is 4.73. The molecule has 0 saturated heterocycles. The number of hydrogen-bond donors (Lipinski definition) is 2. The first kappa shape index (κ1) is 23.1. The van der Waals surface area contributed by atoms with Crippen LogP contribution in [0.4, 0.5) is 11.6 Å². The Hall–Kier alpha value is -3.62. The molecule has 1 atom stereocenters. The number of nitrogens with zero attached hydrogens (tertiary/aromatic N) is 3. The van der Waals surface area contributed by atoms with Crippen molar-refractivity contribution in [1.82, 2.24) is 19.9 Å². The lowest BCUT2D eigenvalue weighted by molar-refractivity contribution is -0.127. The van der Waals surface area contributed by atoms with Gasteiger partial charge in [-0.1, -0.05) is 29.3 Å². The Bertz CT molecular complexity index is 1520. The number of benzene rings is 2. The van der Waals surface area contributed by atoms with Gasteiger partial charge in [0.25, 0.3) is 11.5 Å². The van der Waals surface area contributed by atoms with Crippen LogP contribution in [0.25, 0.3) is 22.2 Å². The Morgan fingerprint density at radius 1 is 1.20 bits per heavy atom. The molecule has 0 bridgehead atoms. The number of amides is 1. The van der Waals surface area contributed by atoms with Crippen LogP contribution in [0.15, 0.2) is 53.5 Å². The summed E-state index contributed by atoms with van der Waals surface area (Å²) in [5.74, 6) is 0.879. The van der Waals surface area contributed by atoms with E-state index in [4.69, 9.17) is 27.9 Å². The third-order valence-electron chi connectivity index (χ3n) is 5.82. The van der Waals surface area contributed by atoms with Crippen LogP contribution in [0.5, 0.6) is 5.75 Å². The molecule has 0 fully saturated rings. The molecular weight excluding hydrogens is 489 g/mol. The normalized spacial score (nSPS) is 14.5. The summed E-state index contributed by atoms with van der Waals surface area (Å²) >= 11 is 12.7. The highest BCUT2D eigenvalue weighted by Crippen LogP contribution is 2.34. The van der Waals surface area contributed by atoms with E-state index in [2.05, 4.69) is 20.6 Å². The molecule has 4 aromatic rings. The number of likely N-dealkylation sites (N-methyl/N-ethyl adjacent to an activating group) is 1. The number of aromatic nitrogens is 3. The third kappa shape index (κ3) is 4.31. The number of anilines is 2. The lowest BCUT2D eigenvalue weighted by Crippen LogP contribution is -2.37. The van der Waals surface area contributed by atoms with Crippen molar-refractivity contribution in [2.45, 2.75) is 19.4 Å². The molecule has 2 aromatic heterocycles. The molecule has 1 aliphatic heterocycles. The summed E-state index contributed by atoms with van der Waals surface area (Å²) < 4.78 is 7.20. The van der Waals surface area contributed by atoms with E-state index in [1.165, 1.54) is 4.57 Å². The molecule has 0 saturated carbocycles. The van der Waals surface area contributed by atoms with Gasteiger partial charge in [-0.3, -0.25) is 14.2 Å². The Balaban J connectivity index is 1.45. The van der Waals surface area contributed by atoms with Crippen molar-refractivity contribution < 1.29 is 9.53 Å². The highest BCUT2D eigenvalue weighted by atomic mass is 35.5. The van der Waals surface area contributed by atoms with E-state index in [-0.39, 0.29) is 11.5 Å². The minimum Gasteiger partial charge on any atom is -0.480 e. The van der Waals surface area contributed by atoms with Crippen LogP contribution >= 0.6 is 23.2 Å². The zero-order chi connectivity index (χ0) is 24.7. The van der Waals surface area contributed by atoms with Crippen LogP contribution in [0.3, 0.4) is 0 Å². The van der Waals surface area contributed by atoms with E-state index in [0.717, 1.165) is 11.3 Å². The fourth-order valence-electron chi connectivity index (χ4n) is 4.13. The van der Waals surface area contributed by atoms with Gasteiger partial charge < -0.3 is 15.4 Å². The zero-order valence-corrected chi connectivity index (χ0v) is 20.4. The first-order valence-electron chi connectivity index (χ1n) is 11.0. The molecule has 0 spiro atoms. The third-order valence-corrected chi connectivity index (χ3v) is 6.45. The number of rotatable bonds is 5. The van der Waals surface area contributed by atoms with E-state index >= 15 is 0 Å². The van der Waals surface area contributed by atoms with Crippen LogP contribution in [0.2, 0.25) is 10.0 Å². The summed E-state index contributed by atoms with van der Waals surface area (Å²) in [6, 6.07) is 12.4. The molecule has 1 amide bonds. The van der Waals surface area contributed by atoms with Gasteiger partial charge in [-0.05, 0) is 43.3 Å². The van der Waals surface area contributed by atoms with E-state index in [0.29, 0.717) is 56.9 Å². The van der Waals surface area contributed by atoms with Crippen LogP contribution in [-0.4, -0.2) is 33.1 Å². The smallest absolute Gasteiger partial charge is 0.261 e. The molecular formula is C25H21Cl2N5O3. The summed E-state index contributed by atoms with van der Waals surface area (Å²) in [6.45, 7) is 2.42. The van der Waals surface area contributed by atoms with Crippen molar-refractivity contribution in [3.05, 3.63) is 74.6 Å². The molecule has 3 heterocycles. The summed E-state index contributed by atoms with van der Waals surface area (Å²) in [5, 5.41) is 7.40. The first-order valence-corrected chi connectivity index (χ1v) is 11.8.